The highest BCUT2D eigenvalue weighted by atomic mass is 16.2. The molecule has 2 heterocycles. The van der Waals surface area contributed by atoms with Gasteiger partial charge in [-0.15, -0.1) is 0 Å². The molecule has 0 bridgehead atoms. The van der Waals surface area contributed by atoms with Gasteiger partial charge in [0.2, 0.25) is 5.91 Å². The molecule has 0 unspecified atom stereocenters. The zero-order chi connectivity index (χ0) is 13.8. The van der Waals surface area contributed by atoms with Gasteiger partial charge in [-0.2, -0.15) is 0 Å². The van der Waals surface area contributed by atoms with Crippen molar-refractivity contribution in [2.75, 3.05) is 0 Å². The molecular formula is C14H18N4O. The second-order valence-corrected chi connectivity index (χ2v) is 4.60. The van der Waals surface area contributed by atoms with Gasteiger partial charge in [-0.3, -0.25) is 9.78 Å². The number of hydrogen-bond acceptors (Lipinski definition) is 3. The van der Waals surface area contributed by atoms with Gasteiger partial charge in [0.25, 0.3) is 0 Å². The van der Waals surface area contributed by atoms with Crippen LogP contribution in [0.1, 0.15) is 30.2 Å². The first-order valence-corrected chi connectivity index (χ1v) is 6.27. The predicted octanol–water partition coefficient (Wildman–Crippen LogP) is 1.77. The van der Waals surface area contributed by atoms with E-state index in [9.17, 15) is 4.79 Å². The van der Waals surface area contributed by atoms with Gasteiger partial charge >= 0.3 is 0 Å². The van der Waals surface area contributed by atoms with Crippen molar-refractivity contribution in [3.63, 3.8) is 0 Å². The summed E-state index contributed by atoms with van der Waals surface area (Å²) in [5.41, 5.74) is 1.82. The van der Waals surface area contributed by atoms with Crippen LogP contribution >= 0.6 is 0 Å². The van der Waals surface area contributed by atoms with E-state index in [0.29, 0.717) is 0 Å². The molecule has 0 aromatic carbocycles. The lowest BCUT2D eigenvalue weighted by atomic mass is 10.2. The molecule has 100 valence electrons. The lowest BCUT2D eigenvalue weighted by molar-refractivity contribution is -0.122. The summed E-state index contributed by atoms with van der Waals surface area (Å²) in [6.07, 6.45) is 3.48. The largest absolute Gasteiger partial charge is 0.346 e. The lowest BCUT2D eigenvalue weighted by Crippen LogP contribution is -2.30. The Labute approximate surface area is 112 Å². The van der Waals surface area contributed by atoms with Crippen molar-refractivity contribution in [2.45, 2.75) is 33.4 Å². The summed E-state index contributed by atoms with van der Waals surface area (Å²) in [5.74, 6) is 0.786. The minimum Gasteiger partial charge on any atom is -0.346 e. The average Bonchev–Trinajstić information content (AvgIpc) is 2.75. The molecule has 1 N–H and O–H groups in total. The summed E-state index contributed by atoms with van der Waals surface area (Å²) in [7, 11) is 0. The fourth-order valence-corrected chi connectivity index (χ4v) is 1.89. The monoisotopic (exact) mass is 258 g/mol. The molecule has 0 aliphatic rings. The van der Waals surface area contributed by atoms with E-state index < -0.39 is 0 Å². The molecule has 2 aromatic rings. The number of rotatable bonds is 4. The van der Waals surface area contributed by atoms with Crippen LogP contribution in [0, 0.1) is 13.8 Å². The second kappa shape index (κ2) is 5.65. The maximum atomic E-state index is 11.9. The predicted molar refractivity (Wildman–Crippen MR) is 72.5 cm³/mol. The summed E-state index contributed by atoms with van der Waals surface area (Å²) < 4.78 is 1.81. The molecule has 0 saturated heterocycles. The molecule has 2 rings (SSSR count). The number of carbonyl (C=O) groups excluding carboxylic acids is 1. The summed E-state index contributed by atoms with van der Waals surface area (Å²) in [6, 6.07) is 5.70. The fourth-order valence-electron chi connectivity index (χ4n) is 1.89. The van der Waals surface area contributed by atoms with Gasteiger partial charge in [0, 0.05) is 18.1 Å². The zero-order valence-corrected chi connectivity index (χ0v) is 11.4. The average molecular weight is 258 g/mol. The van der Waals surface area contributed by atoms with Gasteiger partial charge in [0.15, 0.2) is 0 Å². The Hall–Kier alpha value is -2.17. The third kappa shape index (κ3) is 3.40. The summed E-state index contributed by atoms with van der Waals surface area (Å²) in [5, 5.41) is 2.94. The molecule has 0 radical (unpaired) electrons. The van der Waals surface area contributed by atoms with Gasteiger partial charge in [-0.05, 0) is 32.9 Å². The normalized spacial score (nSPS) is 12.2. The number of nitrogens with one attached hydrogen (secondary N) is 1. The number of carbonyl (C=O) groups is 1. The van der Waals surface area contributed by atoms with Crippen LogP contribution in [0.5, 0.6) is 0 Å². The van der Waals surface area contributed by atoms with Crippen molar-refractivity contribution in [2.24, 2.45) is 0 Å². The Morgan fingerprint density at radius 1 is 1.42 bits per heavy atom. The number of nitrogens with zero attached hydrogens (tertiary/aromatic N) is 3. The number of hydrogen-bond donors (Lipinski definition) is 1. The van der Waals surface area contributed by atoms with Gasteiger partial charge in [-0.1, -0.05) is 6.07 Å². The lowest BCUT2D eigenvalue weighted by Gasteiger charge is -2.14. The summed E-state index contributed by atoms with van der Waals surface area (Å²) >= 11 is 0. The zero-order valence-electron chi connectivity index (χ0n) is 11.4. The number of aromatic nitrogens is 3. The van der Waals surface area contributed by atoms with Gasteiger partial charge in [-0.25, -0.2) is 4.98 Å². The molecule has 0 aliphatic carbocycles. The first-order chi connectivity index (χ1) is 9.06. The van der Waals surface area contributed by atoms with Crippen molar-refractivity contribution in [3.05, 3.63) is 47.8 Å². The van der Waals surface area contributed by atoms with Crippen LogP contribution < -0.4 is 5.32 Å². The molecule has 0 saturated carbocycles. The van der Waals surface area contributed by atoms with Gasteiger partial charge in [0.05, 0.1) is 11.7 Å². The van der Waals surface area contributed by atoms with Gasteiger partial charge in [0.1, 0.15) is 12.4 Å². The van der Waals surface area contributed by atoms with Crippen molar-refractivity contribution >= 4 is 5.91 Å². The maximum absolute atomic E-state index is 11.9. The SMILES string of the molecule is Cc1cccc([C@@H](C)NC(=O)Cn2ccnc2C)n1. The molecule has 0 fully saturated rings. The Kier molecular flexibility index (Phi) is 3.94. The third-order valence-corrected chi connectivity index (χ3v) is 2.97. The summed E-state index contributed by atoms with van der Waals surface area (Å²) in [6.45, 7) is 6.02. The molecule has 1 atom stereocenters. The van der Waals surface area contributed by atoms with E-state index in [1.807, 2.05) is 43.5 Å². The third-order valence-electron chi connectivity index (χ3n) is 2.97. The van der Waals surface area contributed by atoms with Gasteiger partial charge < -0.3 is 9.88 Å². The maximum Gasteiger partial charge on any atom is 0.240 e. The Morgan fingerprint density at radius 2 is 2.21 bits per heavy atom. The highest BCUT2D eigenvalue weighted by Gasteiger charge is 2.11. The smallest absolute Gasteiger partial charge is 0.240 e. The van der Waals surface area contributed by atoms with Crippen LogP contribution in [0.4, 0.5) is 0 Å². The fraction of sp³-hybridized carbons (Fsp3) is 0.357. The van der Waals surface area contributed by atoms with E-state index in [2.05, 4.69) is 15.3 Å². The van der Waals surface area contributed by atoms with E-state index >= 15 is 0 Å². The Balaban J connectivity index is 1.97. The van der Waals surface area contributed by atoms with Crippen molar-refractivity contribution < 1.29 is 4.79 Å². The molecule has 19 heavy (non-hydrogen) atoms. The molecular weight excluding hydrogens is 240 g/mol. The van der Waals surface area contributed by atoms with Crippen molar-refractivity contribution in [1.82, 2.24) is 19.9 Å². The van der Waals surface area contributed by atoms with E-state index in [-0.39, 0.29) is 18.5 Å². The summed E-state index contributed by atoms with van der Waals surface area (Å²) in [4.78, 5) is 20.4. The molecule has 2 aromatic heterocycles. The minimum absolute atomic E-state index is 0.0445. The first kappa shape index (κ1) is 13.3. The van der Waals surface area contributed by atoms with Crippen molar-refractivity contribution in [3.8, 4) is 0 Å². The number of amides is 1. The van der Waals surface area contributed by atoms with E-state index in [1.165, 1.54) is 0 Å². The molecule has 5 heteroatoms. The number of aryl methyl sites for hydroxylation is 2. The molecule has 0 aliphatic heterocycles. The van der Waals surface area contributed by atoms with Crippen LogP contribution in [0.15, 0.2) is 30.6 Å². The quantitative estimate of drug-likeness (QED) is 0.909. The Morgan fingerprint density at radius 3 is 2.84 bits per heavy atom. The van der Waals surface area contributed by atoms with Crippen LogP contribution in [0.2, 0.25) is 0 Å². The van der Waals surface area contributed by atoms with Crippen LogP contribution in [0.25, 0.3) is 0 Å². The highest BCUT2D eigenvalue weighted by Crippen LogP contribution is 2.09. The minimum atomic E-state index is -0.101. The molecule has 1 amide bonds. The highest BCUT2D eigenvalue weighted by molar-refractivity contribution is 5.76. The number of imidazole rings is 1. The van der Waals surface area contributed by atoms with Crippen LogP contribution in [0.3, 0.4) is 0 Å². The Bertz CT molecular complexity index is 576. The number of pyridine rings is 1. The van der Waals surface area contributed by atoms with E-state index in [4.69, 9.17) is 0 Å². The van der Waals surface area contributed by atoms with E-state index in [0.717, 1.165) is 17.2 Å². The van der Waals surface area contributed by atoms with Crippen molar-refractivity contribution in [1.29, 1.82) is 0 Å². The standard InChI is InChI=1S/C14H18N4O/c1-10-5-4-6-13(16-10)11(2)17-14(19)9-18-8-7-15-12(18)3/h4-8,11H,9H2,1-3H3,(H,17,19)/t11-/m1/s1. The molecule has 5 nitrogen and oxygen atoms in total. The van der Waals surface area contributed by atoms with E-state index in [1.54, 1.807) is 12.4 Å². The van der Waals surface area contributed by atoms with Crippen LogP contribution in [-0.2, 0) is 11.3 Å². The molecule has 0 spiro atoms. The second-order valence-electron chi connectivity index (χ2n) is 4.60. The van der Waals surface area contributed by atoms with Crippen LogP contribution in [-0.4, -0.2) is 20.4 Å². The first-order valence-electron chi connectivity index (χ1n) is 6.27. The topological polar surface area (TPSA) is 59.8 Å².